The normalized spacial score (nSPS) is 14.8. The molecule has 8 heteroatoms. The molecular weight excluding hydrogens is 310 g/mol. The fourth-order valence-electron chi connectivity index (χ4n) is 2.60. The van der Waals surface area contributed by atoms with Gasteiger partial charge < -0.3 is 20.3 Å². The van der Waals surface area contributed by atoms with Gasteiger partial charge >= 0.3 is 0 Å². The minimum Gasteiger partial charge on any atom is -0.482 e. The molecule has 126 valence electrons. The fraction of sp³-hybridized carbons (Fsp3) is 0.312. The van der Waals surface area contributed by atoms with Crippen LogP contribution in [0.1, 0.15) is 11.6 Å². The second kappa shape index (κ2) is 6.32. The fourth-order valence-corrected chi connectivity index (χ4v) is 2.60. The summed E-state index contributed by atoms with van der Waals surface area (Å²) in [7, 11) is 5.19. The largest absolute Gasteiger partial charge is 0.482 e. The number of hydrogen-bond acceptors (Lipinski definition) is 5. The Hall–Kier alpha value is -2.87. The molecule has 0 aliphatic carbocycles. The number of carbonyl (C=O) groups is 2. The van der Waals surface area contributed by atoms with Crippen molar-refractivity contribution in [1.82, 2.24) is 15.1 Å². The Labute approximate surface area is 139 Å². The summed E-state index contributed by atoms with van der Waals surface area (Å²) in [6.45, 7) is 0.0258. The third-order valence-corrected chi connectivity index (χ3v) is 3.92. The maximum absolute atomic E-state index is 12.5. The lowest BCUT2D eigenvalue weighted by atomic mass is 10.1. The molecule has 8 nitrogen and oxygen atoms in total. The Kier molecular flexibility index (Phi) is 4.22. The first kappa shape index (κ1) is 16.0. The highest BCUT2D eigenvalue weighted by molar-refractivity contribution is 6.00. The molecule has 1 aromatic heterocycles. The Bertz CT molecular complexity index is 786. The lowest BCUT2D eigenvalue weighted by Gasteiger charge is -2.26. The summed E-state index contributed by atoms with van der Waals surface area (Å²) in [6.07, 6.45) is 3.43. The molecule has 2 N–H and O–H groups in total. The summed E-state index contributed by atoms with van der Waals surface area (Å²) in [5, 5.41) is 9.92. The van der Waals surface area contributed by atoms with Gasteiger partial charge in [0.2, 0.25) is 5.91 Å². The molecule has 3 rings (SSSR count). The first-order chi connectivity index (χ1) is 11.5. The quantitative estimate of drug-likeness (QED) is 0.861. The van der Waals surface area contributed by atoms with Crippen molar-refractivity contribution in [3.8, 4) is 5.75 Å². The molecule has 0 fully saturated rings. The van der Waals surface area contributed by atoms with E-state index in [9.17, 15) is 9.59 Å². The van der Waals surface area contributed by atoms with E-state index in [0.717, 1.165) is 5.56 Å². The van der Waals surface area contributed by atoms with Crippen molar-refractivity contribution >= 4 is 23.2 Å². The molecule has 0 radical (unpaired) electrons. The summed E-state index contributed by atoms with van der Waals surface area (Å²) in [4.78, 5) is 25.8. The Balaban J connectivity index is 1.80. The number of aromatic nitrogens is 2. The maximum Gasteiger partial charge on any atom is 0.264 e. The number of likely N-dealkylation sites (N-methyl/N-ethyl adjacent to an activating group) is 2. The molecule has 1 aliphatic rings. The monoisotopic (exact) mass is 329 g/mol. The van der Waals surface area contributed by atoms with E-state index in [1.165, 1.54) is 4.90 Å². The SMILES string of the molecule is CNC(C(=O)Nc1ccc2c(c1)N(C)C(=O)CO2)c1cnn(C)c1. The number of hydrogen-bond donors (Lipinski definition) is 2. The molecule has 0 saturated heterocycles. The van der Waals surface area contributed by atoms with Crippen LogP contribution < -0.4 is 20.3 Å². The Morgan fingerprint density at radius 3 is 2.83 bits per heavy atom. The van der Waals surface area contributed by atoms with Gasteiger partial charge in [-0.1, -0.05) is 0 Å². The summed E-state index contributed by atoms with van der Waals surface area (Å²) in [5.41, 5.74) is 1.99. The molecule has 1 aliphatic heterocycles. The van der Waals surface area contributed by atoms with Crippen LogP contribution in [0.2, 0.25) is 0 Å². The van der Waals surface area contributed by atoms with Crippen LogP contribution in [-0.2, 0) is 16.6 Å². The number of nitrogens with one attached hydrogen (secondary N) is 2. The molecule has 2 amide bonds. The predicted octanol–water partition coefficient (Wildman–Crippen LogP) is 0.674. The van der Waals surface area contributed by atoms with Gasteiger partial charge in [0.05, 0.1) is 11.9 Å². The molecule has 24 heavy (non-hydrogen) atoms. The third-order valence-electron chi connectivity index (χ3n) is 3.92. The van der Waals surface area contributed by atoms with E-state index >= 15 is 0 Å². The minimum absolute atomic E-state index is 0.0258. The first-order valence-electron chi connectivity index (χ1n) is 7.49. The highest BCUT2D eigenvalue weighted by atomic mass is 16.5. The molecule has 0 bridgehead atoms. The number of carbonyl (C=O) groups excluding carboxylic acids is 2. The van der Waals surface area contributed by atoms with E-state index in [1.54, 1.807) is 56.4 Å². The van der Waals surface area contributed by atoms with Crippen molar-refractivity contribution in [2.45, 2.75) is 6.04 Å². The van der Waals surface area contributed by atoms with Gasteiger partial charge in [-0.05, 0) is 25.2 Å². The molecule has 2 heterocycles. The van der Waals surface area contributed by atoms with Crippen molar-refractivity contribution in [3.63, 3.8) is 0 Å². The molecule has 1 unspecified atom stereocenters. The molecule has 2 aromatic rings. The average molecular weight is 329 g/mol. The minimum atomic E-state index is -0.523. The second-order valence-electron chi connectivity index (χ2n) is 5.58. The number of benzene rings is 1. The van der Waals surface area contributed by atoms with Crippen molar-refractivity contribution < 1.29 is 14.3 Å². The van der Waals surface area contributed by atoms with Gasteiger partial charge in [0.25, 0.3) is 5.91 Å². The number of nitrogens with zero attached hydrogens (tertiary/aromatic N) is 3. The van der Waals surface area contributed by atoms with Crippen molar-refractivity contribution in [3.05, 3.63) is 36.2 Å². The summed E-state index contributed by atoms with van der Waals surface area (Å²) in [5.74, 6) is 0.276. The van der Waals surface area contributed by atoms with Crippen LogP contribution in [0.25, 0.3) is 0 Å². The molecule has 0 spiro atoms. The van der Waals surface area contributed by atoms with E-state index in [0.29, 0.717) is 17.1 Å². The Morgan fingerprint density at radius 2 is 2.17 bits per heavy atom. The van der Waals surface area contributed by atoms with Crippen molar-refractivity contribution in [2.75, 3.05) is 30.9 Å². The van der Waals surface area contributed by atoms with Crippen molar-refractivity contribution in [2.24, 2.45) is 7.05 Å². The number of fused-ring (bicyclic) bond motifs is 1. The molecule has 1 aromatic carbocycles. The number of amides is 2. The highest BCUT2D eigenvalue weighted by Gasteiger charge is 2.24. The van der Waals surface area contributed by atoms with Crippen molar-refractivity contribution in [1.29, 1.82) is 0 Å². The number of rotatable bonds is 4. The lowest BCUT2D eigenvalue weighted by molar-refractivity contribution is -0.121. The van der Waals surface area contributed by atoms with Crippen LogP contribution in [0.15, 0.2) is 30.6 Å². The third kappa shape index (κ3) is 2.95. The predicted molar refractivity (Wildman–Crippen MR) is 89.0 cm³/mol. The topological polar surface area (TPSA) is 88.5 Å². The van der Waals surface area contributed by atoms with Gasteiger partial charge in [0, 0.05) is 31.5 Å². The van der Waals surface area contributed by atoms with Crippen LogP contribution >= 0.6 is 0 Å². The van der Waals surface area contributed by atoms with E-state index < -0.39 is 6.04 Å². The van der Waals surface area contributed by atoms with Crippen LogP contribution in [0.4, 0.5) is 11.4 Å². The Morgan fingerprint density at radius 1 is 1.38 bits per heavy atom. The highest BCUT2D eigenvalue weighted by Crippen LogP contribution is 2.33. The number of aryl methyl sites for hydroxylation is 1. The molecule has 1 atom stereocenters. The van der Waals surface area contributed by atoms with Gasteiger partial charge in [-0.3, -0.25) is 14.3 Å². The smallest absolute Gasteiger partial charge is 0.264 e. The summed E-state index contributed by atoms with van der Waals surface area (Å²) >= 11 is 0. The van der Waals surface area contributed by atoms with Gasteiger partial charge in [-0.25, -0.2) is 0 Å². The van der Waals surface area contributed by atoms with Gasteiger partial charge in [-0.15, -0.1) is 0 Å². The van der Waals surface area contributed by atoms with Gasteiger partial charge in [0.1, 0.15) is 11.8 Å². The summed E-state index contributed by atoms with van der Waals surface area (Å²) < 4.78 is 7.02. The summed E-state index contributed by atoms with van der Waals surface area (Å²) in [6, 6.07) is 4.69. The van der Waals surface area contributed by atoms with Crippen LogP contribution in [-0.4, -0.2) is 42.3 Å². The van der Waals surface area contributed by atoms with Crippen LogP contribution in [0.3, 0.4) is 0 Å². The standard InChI is InChI=1S/C16H19N5O3/c1-17-15(10-7-18-20(2)8-10)16(23)19-11-4-5-13-12(6-11)21(3)14(22)9-24-13/h4-8,15,17H,9H2,1-3H3,(H,19,23). The first-order valence-corrected chi connectivity index (χ1v) is 7.49. The van der Waals surface area contributed by atoms with E-state index in [2.05, 4.69) is 15.7 Å². The zero-order valence-corrected chi connectivity index (χ0v) is 13.7. The van der Waals surface area contributed by atoms with Crippen LogP contribution in [0, 0.1) is 0 Å². The van der Waals surface area contributed by atoms with Gasteiger partial charge in [0.15, 0.2) is 6.61 Å². The zero-order valence-electron chi connectivity index (χ0n) is 13.7. The number of anilines is 2. The molecular formula is C16H19N5O3. The van der Waals surface area contributed by atoms with E-state index in [1.807, 2.05) is 0 Å². The number of ether oxygens (including phenoxy) is 1. The zero-order chi connectivity index (χ0) is 17.3. The maximum atomic E-state index is 12.5. The van der Waals surface area contributed by atoms with E-state index in [-0.39, 0.29) is 18.4 Å². The van der Waals surface area contributed by atoms with E-state index in [4.69, 9.17) is 4.74 Å². The lowest BCUT2D eigenvalue weighted by Crippen LogP contribution is -2.35. The second-order valence-corrected chi connectivity index (χ2v) is 5.58. The molecule has 0 saturated carbocycles. The average Bonchev–Trinajstić information content (AvgIpc) is 2.98. The van der Waals surface area contributed by atoms with Gasteiger partial charge in [-0.2, -0.15) is 5.10 Å². The van der Waals surface area contributed by atoms with Crippen LogP contribution in [0.5, 0.6) is 5.75 Å².